The molecule has 9 heteroatoms. The summed E-state index contributed by atoms with van der Waals surface area (Å²) < 4.78 is 35.1. The van der Waals surface area contributed by atoms with Gasteiger partial charge in [0.2, 0.25) is 0 Å². The summed E-state index contributed by atoms with van der Waals surface area (Å²) in [7, 11) is 1.69. The van der Waals surface area contributed by atoms with Gasteiger partial charge in [-0.15, -0.1) is 0 Å². The van der Waals surface area contributed by atoms with Crippen molar-refractivity contribution in [3.05, 3.63) is 0 Å². The molecule has 0 aliphatic rings. The van der Waals surface area contributed by atoms with E-state index >= 15 is 0 Å². The molecule has 0 aliphatic heterocycles. The number of carbonyl (C=O) groups excluding carboxylic acids is 1. The second kappa shape index (κ2) is 40.3. The molecule has 0 spiro atoms. The van der Waals surface area contributed by atoms with E-state index in [9.17, 15) is 14.3 Å². The van der Waals surface area contributed by atoms with Gasteiger partial charge in [-0.3, -0.25) is 13.8 Å². The van der Waals surface area contributed by atoms with Crippen LogP contribution < -0.4 is 0 Å². The first-order chi connectivity index (χ1) is 26.6. The second-order valence-corrected chi connectivity index (χ2v) is 19.0. The van der Waals surface area contributed by atoms with Crippen LogP contribution in [0.4, 0.5) is 0 Å². The molecule has 0 aliphatic carbocycles. The lowest BCUT2D eigenvalue weighted by Gasteiger charge is -2.24. The minimum absolute atomic E-state index is 0.0940. The Balaban J connectivity index is 4.12. The summed E-state index contributed by atoms with van der Waals surface area (Å²) in [4.78, 5) is 22.9. The SMILES string of the molecule is CCCCCCCCCCCCCCCCCCCCCOCC(COP(=O)(O)OCC[N+](C)(C)C)OC(=O)CCCCCCCCCCCCCCCC. The molecule has 2 unspecified atom stereocenters. The van der Waals surface area contributed by atoms with E-state index in [1.807, 2.05) is 21.1 Å². The molecule has 0 amide bonds. The lowest BCUT2D eigenvalue weighted by molar-refractivity contribution is -0.870. The molecule has 0 heterocycles. The molecule has 0 rings (SSSR count). The maximum Gasteiger partial charge on any atom is 0.472 e. The molecule has 1 N–H and O–H groups in total. The summed E-state index contributed by atoms with van der Waals surface area (Å²) in [5, 5.41) is 0. The van der Waals surface area contributed by atoms with Crippen LogP contribution in [-0.2, 0) is 27.9 Å². The average Bonchev–Trinajstić information content (AvgIpc) is 3.13. The summed E-state index contributed by atoms with van der Waals surface area (Å²) in [5.41, 5.74) is 0. The van der Waals surface area contributed by atoms with E-state index in [1.54, 1.807) is 0 Å². The number of likely N-dealkylation sites (N-methyl/N-ethyl adjacent to an activating group) is 1. The van der Waals surface area contributed by atoms with E-state index in [0.717, 1.165) is 32.1 Å². The van der Waals surface area contributed by atoms with Gasteiger partial charge in [-0.2, -0.15) is 0 Å². The van der Waals surface area contributed by atoms with Gasteiger partial charge >= 0.3 is 13.8 Å². The predicted molar refractivity (Wildman–Crippen MR) is 234 cm³/mol. The smallest absolute Gasteiger partial charge is 0.457 e. The Labute approximate surface area is 342 Å². The van der Waals surface area contributed by atoms with Crippen LogP contribution in [0, 0.1) is 0 Å². The highest BCUT2D eigenvalue weighted by Gasteiger charge is 2.26. The molecule has 55 heavy (non-hydrogen) atoms. The van der Waals surface area contributed by atoms with Crippen molar-refractivity contribution in [1.82, 2.24) is 0 Å². The Morgan fingerprint density at radius 1 is 0.491 bits per heavy atom. The molecule has 0 aromatic carbocycles. The maximum absolute atomic E-state index is 12.7. The van der Waals surface area contributed by atoms with E-state index in [1.165, 1.54) is 180 Å². The average molecular weight is 805 g/mol. The zero-order valence-electron chi connectivity index (χ0n) is 37.4. The fourth-order valence-electron chi connectivity index (χ4n) is 6.97. The van der Waals surface area contributed by atoms with E-state index in [0.29, 0.717) is 24.1 Å². The zero-order chi connectivity index (χ0) is 40.6. The van der Waals surface area contributed by atoms with Gasteiger partial charge in [-0.1, -0.05) is 213 Å². The summed E-state index contributed by atoms with van der Waals surface area (Å²) in [6, 6.07) is 0. The maximum atomic E-state index is 12.7. The third-order valence-electron chi connectivity index (χ3n) is 10.7. The van der Waals surface area contributed by atoms with Gasteiger partial charge in [0.15, 0.2) is 0 Å². The number of rotatable bonds is 45. The Bertz CT molecular complexity index is 853. The van der Waals surface area contributed by atoms with Gasteiger partial charge in [0.1, 0.15) is 19.3 Å². The van der Waals surface area contributed by atoms with Crippen LogP contribution in [0.3, 0.4) is 0 Å². The van der Waals surface area contributed by atoms with Gasteiger partial charge < -0.3 is 18.9 Å². The summed E-state index contributed by atoms with van der Waals surface area (Å²) in [6.07, 6.45) is 42.8. The molecule has 0 fully saturated rings. The van der Waals surface area contributed by atoms with Crippen molar-refractivity contribution in [2.75, 3.05) is 54.1 Å². The Hall–Kier alpha value is -0.500. The minimum Gasteiger partial charge on any atom is -0.457 e. The van der Waals surface area contributed by atoms with Crippen molar-refractivity contribution < 1.29 is 37.3 Å². The molecule has 0 saturated carbocycles. The number of phosphoric acid groups is 1. The summed E-state index contributed by atoms with van der Waals surface area (Å²) >= 11 is 0. The van der Waals surface area contributed by atoms with Crippen molar-refractivity contribution in [1.29, 1.82) is 0 Å². The molecule has 0 bridgehead atoms. The number of esters is 1. The van der Waals surface area contributed by atoms with Crippen LogP contribution in [0.1, 0.15) is 232 Å². The molecule has 0 aromatic heterocycles. The van der Waals surface area contributed by atoms with Gasteiger partial charge in [-0.05, 0) is 12.8 Å². The number of quaternary nitrogens is 1. The number of ether oxygens (including phenoxy) is 2. The fraction of sp³-hybridized carbons (Fsp3) is 0.978. The van der Waals surface area contributed by atoms with Crippen LogP contribution in [0.2, 0.25) is 0 Å². The number of carbonyl (C=O) groups is 1. The van der Waals surface area contributed by atoms with Crippen molar-refractivity contribution in [3.8, 4) is 0 Å². The Morgan fingerprint density at radius 3 is 1.20 bits per heavy atom. The molecule has 0 radical (unpaired) electrons. The molecule has 8 nitrogen and oxygen atoms in total. The lowest BCUT2D eigenvalue weighted by Crippen LogP contribution is -2.37. The molecular weight excluding hydrogens is 709 g/mol. The summed E-state index contributed by atoms with van der Waals surface area (Å²) in [6.45, 7) is 5.69. The first-order valence-electron chi connectivity index (χ1n) is 23.8. The van der Waals surface area contributed by atoms with E-state index < -0.39 is 13.9 Å². The molecule has 330 valence electrons. The number of hydrogen-bond donors (Lipinski definition) is 1. The highest BCUT2D eigenvalue weighted by atomic mass is 31.2. The van der Waals surface area contributed by atoms with Crippen LogP contribution in [-0.4, -0.2) is 75.6 Å². The first-order valence-corrected chi connectivity index (χ1v) is 25.3. The first kappa shape index (κ1) is 54.5. The largest absolute Gasteiger partial charge is 0.472 e. The molecule has 2 atom stereocenters. The van der Waals surface area contributed by atoms with Crippen LogP contribution in [0.5, 0.6) is 0 Å². The number of phosphoric ester groups is 1. The lowest BCUT2D eigenvalue weighted by atomic mass is 10.0. The molecular formula is C46H95NO7P+. The Kier molecular flexibility index (Phi) is 39.9. The number of hydrogen-bond acceptors (Lipinski definition) is 6. The quantitative estimate of drug-likeness (QED) is 0.0284. The standard InChI is InChI=1S/C46H94NO7P/c1-6-8-10-12-14-16-18-20-22-23-24-25-26-28-30-32-34-36-38-41-51-43-45(44-53-55(49,50)52-42-40-47(3,4)5)54-46(48)39-37-35-33-31-29-27-21-19-17-15-13-11-9-7-2/h45H,6-44H2,1-5H3/p+1. The van der Waals surface area contributed by atoms with Crippen molar-refractivity contribution >= 4 is 13.8 Å². The van der Waals surface area contributed by atoms with Crippen LogP contribution in [0.25, 0.3) is 0 Å². The van der Waals surface area contributed by atoms with Gasteiger partial charge in [0.05, 0.1) is 34.4 Å². The van der Waals surface area contributed by atoms with Crippen molar-refractivity contribution in [2.24, 2.45) is 0 Å². The third kappa shape index (κ3) is 44.4. The van der Waals surface area contributed by atoms with Crippen LogP contribution >= 0.6 is 7.82 Å². The highest BCUT2D eigenvalue weighted by Crippen LogP contribution is 2.43. The van der Waals surface area contributed by atoms with Crippen molar-refractivity contribution in [3.63, 3.8) is 0 Å². The van der Waals surface area contributed by atoms with E-state index in [4.69, 9.17) is 18.5 Å². The second-order valence-electron chi connectivity index (χ2n) is 17.5. The zero-order valence-corrected chi connectivity index (χ0v) is 38.3. The monoisotopic (exact) mass is 805 g/mol. The molecule has 0 saturated heterocycles. The van der Waals surface area contributed by atoms with Gasteiger partial charge in [-0.25, -0.2) is 4.57 Å². The van der Waals surface area contributed by atoms with Gasteiger partial charge in [0, 0.05) is 13.0 Å². The summed E-state index contributed by atoms with van der Waals surface area (Å²) in [5.74, 6) is -0.307. The van der Waals surface area contributed by atoms with Crippen molar-refractivity contribution in [2.45, 2.75) is 238 Å². The van der Waals surface area contributed by atoms with Crippen LogP contribution in [0.15, 0.2) is 0 Å². The third-order valence-corrected chi connectivity index (χ3v) is 11.7. The predicted octanol–water partition coefficient (Wildman–Crippen LogP) is 14.1. The minimum atomic E-state index is -4.27. The van der Waals surface area contributed by atoms with E-state index in [2.05, 4.69) is 13.8 Å². The normalized spacial score (nSPS) is 13.6. The highest BCUT2D eigenvalue weighted by molar-refractivity contribution is 7.47. The van der Waals surface area contributed by atoms with E-state index in [-0.39, 0.29) is 25.8 Å². The number of nitrogens with zero attached hydrogens (tertiary/aromatic N) is 1. The van der Waals surface area contributed by atoms with Gasteiger partial charge in [0.25, 0.3) is 0 Å². The molecule has 0 aromatic rings. The Morgan fingerprint density at radius 2 is 0.836 bits per heavy atom. The number of unbranched alkanes of at least 4 members (excludes halogenated alkanes) is 31. The fourth-order valence-corrected chi connectivity index (χ4v) is 7.71. The topological polar surface area (TPSA) is 91.3 Å².